The minimum absolute atomic E-state index is 0.0386. The van der Waals surface area contributed by atoms with Crippen molar-refractivity contribution in [3.05, 3.63) is 72.3 Å². The molecule has 5 rings (SSSR count). The fourth-order valence-corrected chi connectivity index (χ4v) is 4.23. The van der Waals surface area contributed by atoms with E-state index >= 15 is 0 Å². The van der Waals surface area contributed by atoms with E-state index in [4.69, 9.17) is 4.74 Å². The third-order valence-electron chi connectivity index (χ3n) is 5.44. The number of carbonyl (C=O) groups is 1. The van der Waals surface area contributed by atoms with Crippen LogP contribution in [0, 0.1) is 0 Å². The SMILES string of the molecule is COc1cccc([C@H]2N(c3cccc4ccccc34)C(=O)N3CCCN23)c1. The summed E-state index contributed by atoms with van der Waals surface area (Å²) in [7, 11) is 1.67. The van der Waals surface area contributed by atoms with Crippen molar-refractivity contribution < 1.29 is 9.53 Å². The lowest BCUT2D eigenvalue weighted by Gasteiger charge is -2.29. The molecular formula is C22H21N3O2. The van der Waals surface area contributed by atoms with Gasteiger partial charge in [0.05, 0.1) is 12.8 Å². The molecule has 0 saturated carbocycles. The van der Waals surface area contributed by atoms with Crippen molar-refractivity contribution in [2.45, 2.75) is 12.6 Å². The van der Waals surface area contributed by atoms with Gasteiger partial charge in [-0.3, -0.25) is 9.91 Å². The Kier molecular flexibility index (Phi) is 3.76. The molecule has 5 heteroatoms. The van der Waals surface area contributed by atoms with E-state index in [1.54, 1.807) is 7.11 Å². The number of urea groups is 1. The van der Waals surface area contributed by atoms with E-state index in [2.05, 4.69) is 29.3 Å². The van der Waals surface area contributed by atoms with Crippen LogP contribution in [0.5, 0.6) is 5.75 Å². The first-order valence-electron chi connectivity index (χ1n) is 9.27. The van der Waals surface area contributed by atoms with Crippen LogP contribution >= 0.6 is 0 Å². The molecule has 5 nitrogen and oxygen atoms in total. The van der Waals surface area contributed by atoms with Crippen LogP contribution in [0.3, 0.4) is 0 Å². The highest BCUT2D eigenvalue weighted by atomic mass is 16.5. The molecule has 2 saturated heterocycles. The van der Waals surface area contributed by atoms with Crippen LogP contribution in [0.4, 0.5) is 10.5 Å². The van der Waals surface area contributed by atoms with Crippen LogP contribution in [0.1, 0.15) is 18.2 Å². The number of fused-ring (bicyclic) bond motifs is 2. The molecule has 3 aromatic rings. The van der Waals surface area contributed by atoms with E-state index in [0.29, 0.717) is 0 Å². The summed E-state index contributed by atoms with van der Waals surface area (Å²) in [4.78, 5) is 15.3. The standard InChI is InChI=1S/C22H21N3O2/c1-27-18-10-4-9-17(15-18)21-23-13-6-14-24(23)22(26)25(21)20-12-5-8-16-7-2-3-11-19(16)20/h2-5,7-12,15,21H,6,13-14H2,1H3/t21-/m1/s1. The fourth-order valence-electron chi connectivity index (χ4n) is 4.23. The van der Waals surface area contributed by atoms with E-state index in [1.165, 1.54) is 0 Å². The van der Waals surface area contributed by atoms with Gasteiger partial charge < -0.3 is 4.74 Å². The monoisotopic (exact) mass is 359 g/mol. The summed E-state index contributed by atoms with van der Waals surface area (Å²) in [5, 5.41) is 6.28. The third kappa shape index (κ3) is 2.46. The predicted octanol–water partition coefficient (Wildman–Crippen LogP) is 4.41. The summed E-state index contributed by atoms with van der Waals surface area (Å²) in [6.45, 7) is 1.63. The Bertz CT molecular complexity index is 1010. The zero-order chi connectivity index (χ0) is 18.4. The first-order chi connectivity index (χ1) is 13.3. The number of ether oxygens (including phenoxy) is 1. The molecule has 136 valence electrons. The Hall–Kier alpha value is -3.05. The first kappa shape index (κ1) is 16.1. The Balaban J connectivity index is 1.69. The zero-order valence-electron chi connectivity index (χ0n) is 15.2. The summed E-state index contributed by atoms with van der Waals surface area (Å²) >= 11 is 0. The normalized spacial score (nSPS) is 19.7. The summed E-state index contributed by atoms with van der Waals surface area (Å²) in [6, 6.07) is 22.4. The van der Waals surface area contributed by atoms with E-state index in [9.17, 15) is 4.79 Å². The number of anilines is 1. The van der Waals surface area contributed by atoms with Crippen LogP contribution in [-0.4, -0.2) is 36.2 Å². The topological polar surface area (TPSA) is 36.0 Å². The summed E-state index contributed by atoms with van der Waals surface area (Å²) in [5.41, 5.74) is 2.00. The molecule has 27 heavy (non-hydrogen) atoms. The van der Waals surface area contributed by atoms with Crippen molar-refractivity contribution in [1.29, 1.82) is 0 Å². The van der Waals surface area contributed by atoms with Gasteiger partial charge in [0.1, 0.15) is 11.9 Å². The van der Waals surface area contributed by atoms with Crippen LogP contribution in [0.25, 0.3) is 10.8 Å². The number of benzene rings is 3. The van der Waals surface area contributed by atoms with Gasteiger partial charge in [0, 0.05) is 18.5 Å². The molecule has 2 heterocycles. The molecule has 1 atom stereocenters. The van der Waals surface area contributed by atoms with Gasteiger partial charge in [-0.1, -0.05) is 48.5 Å². The maximum atomic E-state index is 13.3. The largest absolute Gasteiger partial charge is 0.497 e. The average molecular weight is 359 g/mol. The number of carbonyl (C=O) groups excluding carboxylic acids is 1. The molecule has 2 fully saturated rings. The first-order valence-corrected chi connectivity index (χ1v) is 9.27. The maximum Gasteiger partial charge on any atom is 0.340 e. The molecular weight excluding hydrogens is 338 g/mol. The smallest absolute Gasteiger partial charge is 0.340 e. The molecule has 0 aromatic heterocycles. The van der Waals surface area contributed by atoms with Gasteiger partial charge in [-0.2, -0.15) is 5.01 Å². The van der Waals surface area contributed by atoms with Gasteiger partial charge in [-0.25, -0.2) is 4.79 Å². The van der Waals surface area contributed by atoms with E-state index in [-0.39, 0.29) is 12.2 Å². The van der Waals surface area contributed by atoms with E-state index < -0.39 is 0 Å². The van der Waals surface area contributed by atoms with Gasteiger partial charge >= 0.3 is 6.03 Å². The van der Waals surface area contributed by atoms with Crippen LogP contribution in [0.2, 0.25) is 0 Å². The molecule has 0 spiro atoms. The van der Waals surface area contributed by atoms with Gasteiger partial charge in [0.25, 0.3) is 0 Å². The van der Waals surface area contributed by atoms with Crippen molar-refractivity contribution in [2.24, 2.45) is 0 Å². The second kappa shape index (κ2) is 6.28. The lowest BCUT2D eigenvalue weighted by atomic mass is 10.1. The molecule has 0 aliphatic carbocycles. The van der Waals surface area contributed by atoms with Crippen molar-refractivity contribution in [3.63, 3.8) is 0 Å². The molecule has 2 amide bonds. The summed E-state index contributed by atoms with van der Waals surface area (Å²) < 4.78 is 5.43. The Morgan fingerprint density at radius 3 is 2.67 bits per heavy atom. The quantitative estimate of drug-likeness (QED) is 0.695. The number of amides is 2. The second-order valence-corrected chi connectivity index (χ2v) is 6.94. The molecule has 0 radical (unpaired) electrons. The Labute approximate surface area is 158 Å². The van der Waals surface area contributed by atoms with Crippen molar-refractivity contribution in [3.8, 4) is 5.75 Å². The minimum Gasteiger partial charge on any atom is -0.497 e. The predicted molar refractivity (Wildman–Crippen MR) is 106 cm³/mol. The minimum atomic E-state index is -0.166. The summed E-state index contributed by atoms with van der Waals surface area (Å²) in [6.07, 6.45) is 0.830. The number of hydrogen-bond donors (Lipinski definition) is 0. The summed E-state index contributed by atoms with van der Waals surface area (Å²) in [5.74, 6) is 0.801. The molecule has 0 N–H and O–H groups in total. The van der Waals surface area contributed by atoms with E-state index in [0.717, 1.165) is 47.3 Å². The van der Waals surface area contributed by atoms with Gasteiger partial charge in [-0.05, 0) is 35.6 Å². The van der Waals surface area contributed by atoms with Crippen molar-refractivity contribution in [2.75, 3.05) is 25.1 Å². The number of hydrogen-bond acceptors (Lipinski definition) is 3. The van der Waals surface area contributed by atoms with Gasteiger partial charge in [-0.15, -0.1) is 0 Å². The second-order valence-electron chi connectivity index (χ2n) is 6.94. The third-order valence-corrected chi connectivity index (χ3v) is 5.44. The molecule has 3 aromatic carbocycles. The molecule has 0 unspecified atom stereocenters. The van der Waals surface area contributed by atoms with Crippen LogP contribution in [-0.2, 0) is 0 Å². The number of nitrogens with zero attached hydrogens (tertiary/aromatic N) is 3. The average Bonchev–Trinajstić information content (AvgIpc) is 3.30. The highest BCUT2D eigenvalue weighted by Crippen LogP contribution is 2.43. The van der Waals surface area contributed by atoms with Crippen LogP contribution in [0.15, 0.2) is 66.7 Å². The number of methoxy groups -OCH3 is 1. The maximum absolute atomic E-state index is 13.3. The zero-order valence-corrected chi connectivity index (χ0v) is 15.2. The molecule has 2 aliphatic rings. The Morgan fingerprint density at radius 2 is 1.78 bits per heavy atom. The van der Waals surface area contributed by atoms with Gasteiger partial charge in [0.2, 0.25) is 0 Å². The fraction of sp³-hybridized carbons (Fsp3) is 0.227. The molecule has 2 aliphatic heterocycles. The highest BCUT2D eigenvalue weighted by molar-refractivity contribution is 6.04. The van der Waals surface area contributed by atoms with E-state index in [1.807, 2.05) is 52.4 Å². The Morgan fingerprint density at radius 1 is 0.963 bits per heavy atom. The van der Waals surface area contributed by atoms with Crippen molar-refractivity contribution in [1.82, 2.24) is 10.0 Å². The number of hydrazine groups is 1. The lowest BCUT2D eigenvalue weighted by molar-refractivity contribution is 0.0727. The highest BCUT2D eigenvalue weighted by Gasteiger charge is 2.48. The van der Waals surface area contributed by atoms with Gasteiger partial charge in [0.15, 0.2) is 0 Å². The lowest BCUT2D eigenvalue weighted by Crippen LogP contribution is -2.32. The van der Waals surface area contributed by atoms with Crippen molar-refractivity contribution >= 4 is 22.5 Å². The van der Waals surface area contributed by atoms with Crippen LogP contribution < -0.4 is 9.64 Å². The molecule has 0 bridgehead atoms. The number of rotatable bonds is 3.